The van der Waals surface area contributed by atoms with Crippen molar-refractivity contribution in [2.24, 2.45) is 0 Å². The summed E-state index contributed by atoms with van der Waals surface area (Å²) in [5.41, 5.74) is 3.13. The summed E-state index contributed by atoms with van der Waals surface area (Å²) in [6, 6.07) is 5.96. The number of imidazole rings is 1. The smallest absolute Gasteiger partial charge is 0.0931 e. The van der Waals surface area contributed by atoms with Gasteiger partial charge in [0.1, 0.15) is 0 Å². The molecule has 0 aliphatic heterocycles. The highest BCUT2D eigenvalue weighted by molar-refractivity contribution is 6.17. The van der Waals surface area contributed by atoms with Gasteiger partial charge < -0.3 is 4.98 Å². The molecule has 0 unspecified atom stereocenters. The lowest BCUT2D eigenvalue weighted by molar-refractivity contribution is 1.34. The number of hydrogen-bond donors (Lipinski definition) is 1. The second-order valence-corrected chi connectivity index (χ2v) is 2.65. The number of rotatable bonds is 1. The van der Waals surface area contributed by atoms with Gasteiger partial charge in [0.25, 0.3) is 0 Å². The minimum absolute atomic E-state index is 0.544. The van der Waals surface area contributed by atoms with Gasteiger partial charge in [0.2, 0.25) is 0 Å². The first kappa shape index (κ1) is 6.68. The van der Waals surface area contributed by atoms with Gasteiger partial charge in [-0.1, -0.05) is 6.07 Å². The molecule has 0 fully saturated rings. The first-order valence-corrected chi connectivity index (χ1v) is 3.91. The van der Waals surface area contributed by atoms with Gasteiger partial charge >= 0.3 is 0 Å². The zero-order chi connectivity index (χ0) is 7.68. The third-order valence-corrected chi connectivity index (χ3v) is 1.95. The van der Waals surface area contributed by atoms with Crippen LogP contribution in [0.3, 0.4) is 0 Å². The summed E-state index contributed by atoms with van der Waals surface area (Å²) >= 11 is 5.66. The molecule has 0 saturated heterocycles. The molecule has 2 aromatic rings. The van der Waals surface area contributed by atoms with Crippen LogP contribution in [0.2, 0.25) is 0 Å². The number of hydrogen-bond acceptors (Lipinski definition) is 1. The molecular weight excluding hydrogens is 160 g/mol. The maximum Gasteiger partial charge on any atom is 0.0931 e. The monoisotopic (exact) mass is 166 g/mol. The van der Waals surface area contributed by atoms with Crippen molar-refractivity contribution in [2.45, 2.75) is 5.88 Å². The highest BCUT2D eigenvalue weighted by Crippen LogP contribution is 2.12. The zero-order valence-electron chi connectivity index (χ0n) is 5.84. The SMILES string of the molecule is ClCc1ccc2[nH]cnc2c1. The van der Waals surface area contributed by atoms with Crippen molar-refractivity contribution in [2.75, 3.05) is 0 Å². The van der Waals surface area contributed by atoms with Gasteiger partial charge in [-0.15, -0.1) is 11.6 Å². The van der Waals surface area contributed by atoms with Crippen LogP contribution in [0.25, 0.3) is 11.0 Å². The van der Waals surface area contributed by atoms with E-state index in [1.165, 1.54) is 0 Å². The molecule has 1 N–H and O–H groups in total. The molecule has 0 aliphatic rings. The molecule has 2 rings (SSSR count). The van der Waals surface area contributed by atoms with Gasteiger partial charge in [0.05, 0.1) is 17.4 Å². The van der Waals surface area contributed by atoms with Crippen LogP contribution in [0.5, 0.6) is 0 Å². The third-order valence-electron chi connectivity index (χ3n) is 1.64. The predicted octanol–water partition coefficient (Wildman–Crippen LogP) is 2.30. The Bertz CT molecular complexity index is 367. The van der Waals surface area contributed by atoms with E-state index in [2.05, 4.69) is 9.97 Å². The van der Waals surface area contributed by atoms with Gasteiger partial charge in [-0.05, 0) is 17.7 Å². The average Bonchev–Trinajstić information content (AvgIpc) is 2.50. The lowest BCUT2D eigenvalue weighted by Gasteiger charge is -1.92. The van der Waals surface area contributed by atoms with Gasteiger partial charge in [0.15, 0.2) is 0 Å². The minimum Gasteiger partial charge on any atom is -0.345 e. The average molecular weight is 167 g/mol. The zero-order valence-corrected chi connectivity index (χ0v) is 6.60. The molecule has 11 heavy (non-hydrogen) atoms. The number of nitrogens with one attached hydrogen (secondary N) is 1. The second kappa shape index (κ2) is 2.55. The largest absolute Gasteiger partial charge is 0.345 e. The van der Waals surface area contributed by atoms with Crippen molar-refractivity contribution >= 4 is 22.6 Å². The van der Waals surface area contributed by atoms with Crippen molar-refractivity contribution < 1.29 is 0 Å². The molecule has 1 aromatic carbocycles. The van der Waals surface area contributed by atoms with E-state index in [0.717, 1.165) is 16.6 Å². The van der Waals surface area contributed by atoms with E-state index in [0.29, 0.717) is 5.88 Å². The Morgan fingerprint density at radius 2 is 2.36 bits per heavy atom. The van der Waals surface area contributed by atoms with Crippen molar-refractivity contribution in [1.29, 1.82) is 0 Å². The predicted molar refractivity (Wildman–Crippen MR) is 45.7 cm³/mol. The van der Waals surface area contributed by atoms with E-state index >= 15 is 0 Å². The van der Waals surface area contributed by atoms with Gasteiger partial charge in [-0.2, -0.15) is 0 Å². The number of benzene rings is 1. The van der Waals surface area contributed by atoms with Gasteiger partial charge in [-0.3, -0.25) is 0 Å². The number of H-pyrrole nitrogens is 1. The number of nitrogens with zero attached hydrogens (tertiary/aromatic N) is 1. The number of alkyl halides is 1. The van der Waals surface area contributed by atoms with E-state index in [1.807, 2.05) is 18.2 Å². The third kappa shape index (κ3) is 1.10. The van der Waals surface area contributed by atoms with Crippen LogP contribution in [0, 0.1) is 0 Å². The van der Waals surface area contributed by atoms with Crippen LogP contribution >= 0.6 is 11.6 Å². The van der Waals surface area contributed by atoms with E-state index in [9.17, 15) is 0 Å². The molecule has 0 bridgehead atoms. The standard InChI is InChI=1S/C8H7ClN2/c9-4-6-1-2-7-8(3-6)11-5-10-7/h1-3,5H,4H2,(H,10,11). The summed E-state index contributed by atoms with van der Waals surface area (Å²) < 4.78 is 0. The second-order valence-electron chi connectivity index (χ2n) is 2.39. The lowest BCUT2D eigenvalue weighted by Crippen LogP contribution is -1.76. The molecule has 1 heterocycles. The molecule has 0 atom stereocenters. The van der Waals surface area contributed by atoms with Crippen molar-refractivity contribution in [1.82, 2.24) is 9.97 Å². The normalized spacial score (nSPS) is 10.6. The van der Waals surface area contributed by atoms with Crippen LogP contribution in [0.4, 0.5) is 0 Å². The first-order valence-electron chi connectivity index (χ1n) is 3.38. The highest BCUT2D eigenvalue weighted by atomic mass is 35.5. The van der Waals surface area contributed by atoms with Gasteiger partial charge in [-0.25, -0.2) is 4.98 Å². The summed E-state index contributed by atoms with van der Waals surface area (Å²) in [5, 5.41) is 0. The van der Waals surface area contributed by atoms with E-state index < -0.39 is 0 Å². The summed E-state index contributed by atoms with van der Waals surface area (Å²) in [6.07, 6.45) is 1.68. The molecule has 0 amide bonds. The summed E-state index contributed by atoms with van der Waals surface area (Å²) in [5.74, 6) is 0.544. The van der Waals surface area contributed by atoms with E-state index in [4.69, 9.17) is 11.6 Å². The molecule has 0 saturated carbocycles. The Morgan fingerprint density at radius 1 is 1.45 bits per heavy atom. The number of aromatic amines is 1. The molecule has 1 aromatic heterocycles. The van der Waals surface area contributed by atoms with Crippen molar-refractivity contribution in [3.63, 3.8) is 0 Å². The topological polar surface area (TPSA) is 28.7 Å². The number of aromatic nitrogens is 2. The lowest BCUT2D eigenvalue weighted by atomic mass is 10.2. The Balaban J connectivity index is 2.67. The molecular formula is C8H7ClN2. The van der Waals surface area contributed by atoms with Crippen LogP contribution in [-0.4, -0.2) is 9.97 Å². The fraction of sp³-hybridized carbons (Fsp3) is 0.125. The van der Waals surface area contributed by atoms with Crippen molar-refractivity contribution in [3.8, 4) is 0 Å². The fourth-order valence-corrected chi connectivity index (χ4v) is 1.23. The minimum atomic E-state index is 0.544. The molecule has 0 spiro atoms. The van der Waals surface area contributed by atoms with Crippen molar-refractivity contribution in [3.05, 3.63) is 30.1 Å². The fourth-order valence-electron chi connectivity index (χ4n) is 1.06. The Labute approximate surface area is 69.2 Å². The summed E-state index contributed by atoms with van der Waals surface area (Å²) in [6.45, 7) is 0. The van der Waals surface area contributed by atoms with E-state index in [1.54, 1.807) is 6.33 Å². The maximum atomic E-state index is 5.66. The van der Waals surface area contributed by atoms with Crippen LogP contribution < -0.4 is 0 Å². The molecule has 0 radical (unpaired) electrons. The summed E-state index contributed by atoms with van der Waals surface area (Å²) in [7, 11) is 0. The Hall–Kier alpha value is -1.02. The van der Waals surface area contributed by atoms with Crippen LogP contribution in [0.15, 0.2) is 24.5 Å². The summed E-state index contributed by atoms with van der Waals surface area (Å²) in [4.78, 5) is 7.13. The van der Waals surface area contributed by atoms with Crippen LogP contribution in [-0.2, 0) is 5.88 Å². The van der Waals surface area contributed by atoms with Crippen LogP contribution in [0.1, 0.15) is 5.56 Å². The quantitative estimate of drug-likeness (QED) is 0.647. The van der Waals surface area contributed by atoms with E-state index in [-0.39, 0.29) is 0 Å². The molecule has 56 valence electrons. The highest BCUT2D eigenvalue weighted by Gasteiger charge is 1.95. The molecule has 0 aliphatic carbocycles. The Kier molecular flexibility index (Phi) is 1.55. The molecule has 3 heteroatoms. The number of halogens is 1. The number of fused-ring (bicyclic) bond motifs is 1. The Morgan fingerprint density at radius 3 is 3.18 bits per heavy atom. The maximum absolute atomic E-state index is 5.66. The molecule has 2 nitrogen and oxygen atoms in total. The van der Waals surface area contributed by atoms with Gasteiger partial charge in [0, 0.05) is 5.88 Å². The first-order chi connectivity index (χ1) is 5.40.